The molecule has 0 bridgehead atoms. The molecule has 1 amide bonds. The summed E-state index contributed by atoms with van der Waals surface area (Å²) in [5.74, 6) is 0.659. The van der Waals surface area contributed by atoms with E-state index in [9.17, 15) is 9.18 Å². The van der Waals surface area contributed by atoms with E-state index in [-0.39, 0.29) is 11.7 Å². The molecule has 1 saturated carbocycles. The van der Waals surface area contributed by atoms with Crippen molar-refractivity contribution in [2.45, 2.75) is 39.7 Å². The number of benzene rings is 2. The van der Waals surface area contributed by atoms with Crippen molar-refractivity contribution < 1.29 is 9.18 Å². The minimum absolute atomic E-state index is 0.0475. The summed E-state index contributed by atoms with van der Waals surface area (Å²) < 4.78 is 16.8. The van der Waals surface area contributed by atoms with Crippen LogP contribution < -0.4 is 10.6 Å². The molecule has 4 aromatic rings. The van der Waals surface area contributed by atoms with Crippen molar-refractivity contribution in [3.8, 4) is 22.5 Å². The molecule has 6 nitrogen and oxygen atoms in total. The van der Waals surface area contributed by atoms with Crippen molar-refractivity contribution in [1.82, 2.24) is 19.7 Å². The van der Waals surface area contributed by atoms with E-state index < -0.39 is 0 Å². The number of fused-ring (bicyclic) bond motifs is 1. The van der Waals surface area contributed by atoms with Crippen LogP contribution in [0.1, 0.15) is 42.6 Å². The average Bonchev–Trinajstić information content (AvgIpc) is 3.52. The highest BCUT2D eigenvalue weighted by Gasteiger charge is 2.24. The predicted molar refractivity (Wildman–Crippen MR) is 132 cm³/mol. The van der Waals surface area contributed by atoms with Crippen LogP contribution in [-0.2, 0) is 0 Å². The zero-order chi connectivity index (χ0) is 23.8. The van der Waals surface area contributed by atoms with Gasteiger partial charge in [-0.05, 0) is 55.5 Å². The van der Waals surface area contributed by atoms with E-state index in [0.29, 0.717) is 40.2 Å². The van der Waals surface area contributed by atoms with Crippen molar-refractivity contribution in [3.63, 3.8) is 0 Å². The molecule has 0 aliphatic heterocycles. The highest BCUT2D eigenvalue weighted by molar-refractivity contribution is 5.95. The lowest BCUT2D eigenvalue weighted by atomic mass is 10.1. The summed E-state index contributed by atoms with van der Waals surface area (Å²) in [4.78, 5) is 21.7. The summed E-state index contributed by atoms with van der Waals surface area (Å²) >= 11 is 0. The van der Waals surface area contributed by atoms with Gasteiger partial charge in [-0.25, -0.2) is 14.4 Å². The zero-order valence-electron chi connectivity index (χ0n) is 19.6. The van der Waals surface area contributed by atoms with E-state index in [1.165, 1.54) is 6.07 Å². The number of carbonyl (C=O) groups is 1. The summed E-state index contributed by atoms with van der Waals surface area (Å²) in [7, 11) is 0. The van der Waals surface area contributed by atoms with Gasteiger partial charge >= 0.3 is 0 Å². The highest BCUT2D eigenvalue weighted by Crippen LogP contribution is 2.29. The van der Waals surface area contributed by atoms with Crippen LogP contribution in [0.25, 0.3) is 28.2 Å². The van der Waals surface area contributed by atoms with Gasteiger partial charge in [0.15, 0.2) is 11.5 Å². The van der Waals surface area contributed by atoms with E-state index in [2.05, 4.69) is 29.5 Å². The fourth-order valence-corrected chi connectivity index (χ4v) is 3.87. The Bertz CT molecular complexity index is 1360. The molecule has 1 aliphatic rings. The van der Waals surface area contributed by atoms with E-state index in [1.807, 2.05) is 47.9 Å². The molecule has 0 radical (unpaired) electrons. The molecule has 2 N–H and O–H groups in total. The number of halogens is 1. The van der Waals surface area contributed by atoms with Crippen LogP contribution in [0.4, 0.5) is 10.2 Å². The maximum Gasteiger partial charge on any atom is 0.251 e. The van der Waals surface area contributed by atoms with E-state index in [0.717, 1.165) is 36.2 Å². The maximum atomic E-state index is 14.8. The number of hydrogen-bond donors (Lipinski definition) is 2. The minimum atomic E-state index is -0.311. The Balaban J connectivity index is 1.57. The molecule has 34 heavy (non-hydrogen) atoms. The molecule has 1 aliphatic carbocycles. The van der Waals surface area contributed by atoms with E-state index in [1.54, 1.807) is 12.3 Å². The molecule has 2 aromatic heterocycles. The first-order chi connectivity index (χ1) is 16.4. The van der Waals surface area contributed by atoms with E-state index in [4.69, 9.17) is 4.98 Å². The first kappa shape index (κ1) is 22.1. The van der Waals surface area contributed by atoms with Gasteiger partial charge in [0.25, 0.3) is 5.91 Å². The number of carbonyl (C=O) groups excluding carboxylic acids is 1. The normalized spacial score (nSPS) is 13.4. The fourth-order valence-electron chi connectivity index (χ4n) is 3.87. The van der Waals surface area contributed by atoms with E-state index >= 15 is 0 Å². The Morgan fingerprint density at radius 3 is 2.62 bits per heavy atom. The smallest absolute Gasteiger partial charge is 0.251 e. The number of imidazole rings is 1. The number of nitrogens with zero attached hydrogens (tertiary/aromatic N) is 3. The Morgan fingerprint density at radius 2 is 1.94 bits per heavy atom. The molecule has 0 saturated heterocycles. The van der Waals surface area contributed by atoms with Crippen LogP contribution >= 0.6 is 0 Å². The second-order valence-corrected chi connectivity index (χ2v) is 9.39. The third kappa shape index (κ3) is 4.51. The van der Waals surface area contributed by atoms with Gasteiger partial charge in [-0.3, -0.25) is 9.20 Å². The minimum Gasteiger partial charge on any atom is -0.367 e. The van der Waals surface area contributed by atoms with Crippen molar-refractivity contribution >= 4 is 17.4 Å². The Kier molecular flexibility index (Phi) is 5.77. The number of aromatic nitrogens is 3. The molecule has 0 spiro atoms. The number of hydrogen-bond acceptors (Lipinski definition) is 4. The molecule has 2 aromatic carbocycles. The van der Waals surface area contributed by atoms with Crippen molar-refractivity contribution in [2.24, 2.45) is 5.92 Å². The largest absolute Gasteiger partial charge is 0.367 e. The number of aryl methyl sites for hydroxylation is 1. The van der Waals surface area contributed by atoms with Gasteiger partial charge in [-0.1, -0.05) is 32.0 Å². The standard InChI is InChI=1S/C27H28FN5O/c1-16(2)13-29-25-26-30-14-24(18-5-7-19(8-6-18)27(34)31-20-9-10-20)33(26)15-23(32-25)21-11-4-17(3)12-22(21)28/h4-8,11-12,14-16,20H,9-10,13H2,1-3H3,(H,29,32)(H,31,34). The number of amides is 1. The summed E-state index contributed by atoms with van der Waals surface area (Å²) in [5, 5.41) is 6.38. The van der Waals surface area contributed by atoms with Gasteiger partial charge in [0.1, 0.15) is 5.82 Å². The fraction of sp³-hybridized carbons (Fsp3) is 0.296. The molecule has 0 unspecified atom stereocenters. The summed E-state index contributed by atoms with van der Waals surface area (Å²) in [6, 6.07) is 13.0. The summed E-state index contributed by atoms with van der Waals surface area (Å²) in [6.45, 7) is 6.81. The van der Waals surface area contributed by atoms with Gasteiger partial charge in [-0.2, -0.15) is 0 Å². The van der Waals surface area contributed by atoms with Gasteiger partial charge in [0.2, 0.25) is 0 Å². The lowest BCUT2D eigenvalue weighted by molar-refractivity contribution is 0.0951. The topological polar surface area (TPSA) is 71.3 Å². The second kappa shape index (κ2) is 8.89. The molecule has 7 heteroatoms. The molecule has 1 fully saturated rings. The lowest BCUT2D eigenvalue weighted by Crippen LogP contribution is -2.25. The van der Waals surface area contributed by atoms with Gasteiger partial charge in [0.05, 0.1) is 17.6 Å². The Hall–Kier alpha value is -3.74. The van der Waals surface area contributed by atoms with Crippen LogP contribution in [0.15, 0.2) is 54.9 Å². The van der Waals surface area contributed by atoms with Crippen LogP contribution in [0.3, 0.4) is 0 Å². The molecule has 174 valence electrons. The molecular weight excluding hydrogens is 429 g/mol. The van der Waals surface area contributed by atoms with Crippen LogP contribution in [0, 0.1) is 18.7 Å². The van der Waals surface area contributed by atoms with Crippen molar-refractivity contribution in [3.05, 3.63) is 71.8 Å². The third-order valence-electron chi connectivity index (χ3n) is 5.93. The van der Waals surface area contributed by atoms with Crippen LogP contribution in [0.2, 0.25) is 0 Å². The monoisotopic (exact) mass is 457 g/mol. The SMILES string of the molecule is Cc1ccc(-c2cn3c(-c4ccc(C(=O)NC5CC5)cc4)cnc3c(NCC(C)C)n2)c(F)c1. The zero-order valence-corrected chi connectivity index (χ0v) is 19.6. The molecule has 5 rings (SSSR count). The quantitative estimate of drug-likeness (QED) is 0.386. The lowest BCUT2D eigenvalue weighted by Gasteiger charge is -2.13. The molecule has 0 atom stereocenters. The Labute approximate surface area is 198 Å². The number of anilines is 1. The highest BCUT2D eigenvalue weighted by atomic mass is 19.1. The van der Waals surface area contributed by atoms with Gasteiger partial charge in [0, 0.05) is 35.5 Å². The van der Waals surface area contributed by atoms with Crippen molar-refractivity contribution in [1.29, 1.82) is 0 Å². The van der Waals surface area contributed by atoms with Crippen LogP contribution in [0.5, 0.6) is 0 Å². The molecular formula is C27H28FN5O. The summed E-state index contributed by atoms with van der Waals surface area (Å²) in [5.41, 5.74) is 4.87. The first-order valence-corrected chi connectivity index (χ1v) is 11.7. The third-order valence-corrected chi connectivity index (χ3v) is 5.93. The maximum absolute atomic E-state index is 14.8. The van der Waals surface area contributed by atoms with Crippen LogP contribution in [-0.4, -0.2) is 32.9 Å². The number of rotatable bonds is 7. The first-order valence-electron chi connectivity index (χ1n) is 11.7. The summed E-state index contributed by atoms with van der Waals surface area (Å²) in [6.07, 6.45) is 5.71. The van der Waals surface area contributed by atoms with Crippen molar-refractivity contribution in [2.75, 3.05) is 11.9 Å². The number of nitrogens with one attached hydrogen (secondary N) is 2. The van der Waals surface area contributed by atoms with Gasteiger partial charge < -0.3 is 10.6 Å². The Morgan fingerprint density at radius 1 is 1.18 bits per heavy atom. The predicted octanol–water partition coefficient (Wildman–Crippen LogP) is 5.47. The molecule has 2 heterocycles. The van der Waals surface area contributed by atoms with Gasteiger partial charge in [-0.15, -0.1) is 0 Å². The second-order valence-electron chi connectivity index (χ2n) is 9.39. The average molecular weight is 458 g/mol.